The lowest BCUT2D eigenvalue weighted by Crippen LogP contribution is -2.32. The van der Waals surface area contributed by atoms with Gasteiger partial charge >= 0.3 is 0 Å². The molecule has 0 radical (unpaired) electrons. The van der Waals surface area contributed by atoms with Crippen molar-refractivity contribution >= 4 is 0 Å². The van der Waals surface area contributed by atoms with Crippen LogP contribution in [0.2, 0.25) is 0 Å². The van der Waals surface area contributed by atoms with Gasteiger partial charge in [-0.25, -0.2) is 0 Å². The first kappa shape index (κ1) is 10.9. The van der Waals surface area contributed by atoms with Crippen molar-refractivity contribution in [2.24, 2.45) is 11.3 Å². The standard InChI is InChI=1S/C12H20N2O/c13-7-6-12(4-5-12)9-14-8-10-2-1-3-11(10)15/h10-11,14-15H,1-6,8-9H2. The molecule has 0 saturated heterocycles. The number of nitrogens with one attached hydrogen (secondary N) is 1. The van der Waals surface area contributed by atoms with Gasteiger partial charge in [0.1, 0.15) is 0 Å². The van der Waals surface area contributed by atoms with Gasteiger partial charge in [-0.2, -0.15) is 5.26 Å². The molecule has 2 saturated carbocycles. The summed E-state index contributed by atoms with van der Waals surface area (Å²) in [5.74, 6) is 0.447. The highest BCUT2D eigenvalue weighted by Crippen LogP contribution is 2.47. The van der Waals surface area contributed by atoms with Gasteiger partial charge in [-0.3, -0.25) is 0 Å². The summed E-state index contributed by atoms with van der Waals surface area (Å²) in [6.07, 6.45) is 6.27. The minimum absolute atomic E-state index is 0.0939. The third-order valence-corrected chi connectivity index (χ3v) is 3.94. The Balaban J connectivity index is 1.65. The van der Waals surface area contributed by atoms with Crippen LogP contribution in [0, 0.1) is 22.7 Å². The lowest BCUT2D eigenvalue weighted by molar-refractivity contribution is 0.131. The molecule has 2 rings (SSSR count). The number of hydrogen-bond acceptors (Lipinski definition) is 3. The van der Waals surface area contributed by atoms with E-state index in [-0.39, 0.29) is 11.5 Å². The van der Waals surface area contributed by atoms with E-state index in [0.29, 0.717) is 12.3 Å². The lowest BCUT2D eigenvalue weighted by Gasteiger charge is -2.17. The Kier molecular flexibility index (Phi) is 3.28. The highest BCUT2D eigenvalue weighted by molar-refractivity contribution is 5.00. The SMILES string of the molecule is N#CCC1(CNCC2CCCC2O)CC1. The zero-order valence-corrected chi connectivity index (χ0v) is 9.21. The summed E-state index contributed by atoms with van der Waals surface area (Å²) >= 11 is 0. The molecule has 3 nitrogen and oxygen atoms in total. The van der Waals surface area contributed by atoms with Gasteiger partial charge in [-0.05, 0) is 37.0 Å². The fourth-order valence-electron chi connectivity index (χ4n) is 2.54. The minimum atomic E-state index is -0.0939. The maximum absolute atomic E-state index is 9.65. The monoisotopic (exact) mass is 208 g/mol. The lowest BCUT2D eigenvalue weighted by atomic mass is 10.0. The second-order valence-electron chi connectivity index (χ2n) is 5.22. The molecule has 0 aromatic carbocycles. The van der Waals surface area contributed by atoms with Crippen LogP contribution >= 0.6 is 0 Å². The molecule has 0 aromatic heterocycles. The number of aliphatic hydroxyl groups is 1. The zero-order chi connectivity index (χ0) is 10.7. The van der Waals surface area contributed by atoms with Gasteiger partial charge in [0.05, 0.1) is 12.2 Å². The molecule has 2 atom stereocenters. The average molecular weight is 208 g/mol. The Labute approximate surface area is 91.5 Å². The van der Waals surface area contributed by atoms with E-state index in [9.17, 15) is 5.11 Å². The van der Waals surface area contributed by atoms with Crippen molar-refractivity contribution in [2.75, 3.05) is 13.1 Å². The van der Waals surface area contributed by atoms with Crippen molar-refractivity contribution in [3.05, 3.63) is 0 Å². The highest BCUT2D eigenvalue weighted by Gasteiger charge is 2.42. The van der Waals surface area contributed by atoms with E-state index in [4.69, 9.17) is 5.26 Å². The predicted octanol–water partition coefficient (Wildman–Crippen LogP) is 1.43. The first-order valence-corrected chi connectivity index (χ1v) is 6.01. The zero-order valence-electron chi connectivity index (χ0n) is 9.21. The molecule has 0 bridgehead atoms. The second-order valence-corrected chi connectivity index (χ2v) is 5.22. The van der Waals surface area contributed by atoms with Gasteiger partial charge in [0.15, 0.2) is 0 Å². The van der Waals surface area contributed by atoms with E-state index < -0.39 is 0 Å². The summed E-state index contributed by atoms with van der Waals surface area (Å²) < 4.78 is 0. The van der Waals surface area contributed by atoms with Gasteiger partial charge in [0.2, 0.25) is 0 Å². The Morgan fingerprint density at radius 3 is 2.73 bits per heavy atom. The molecule has 84 valence electrons. The average Bonchev–Trinajstić information content (AvgIpc) is 2.85. The van der Waals surface area contributed by atoms with Crippen LogP contribution in [0.1, 0.15) is 38.5 Å². The first-order valence-electron chi connectivity index (χ1n) is 6.01. The number of nitriles is 1. The molecule has 0 heterocycles. The van der Waals surface area contributed by atoms with Crippen molar-refractivity contribution in [1.82, 2.24) is 5.32 Å². The van der Waals surface area contributed by atoms with E-state index in [2.05, 4.69) is 11.4 Å². The summed E-state index contributed by atoms with van der Waals surface area (Å²) in [5, 5.41) is 21.8. The molecule has 0 amide bonds. The third kappa shape index (κ3) is 2.70. The maximum Gasteiger partial charge on any atom is 0.0628 e. The largest absolute Gasteiger partial charge is 0.393 e. The molecule has 15 heavy (non-hydrogen) atoms. The minimum Gasteiger partial charge on any atom is -0.393 e. The molecule has 2 aliphatic carbocycles. The molecule has 2 N–H and O–H groups in total. The summed E-state index contributed by atoms with van der Waals surface area (Å²) in [4.78, 5) is 0. The third-order valence-electron chi connectivity index (χ3n) is 3.94. The molecule has 2 fully saturated rings. The normalized spacial score (nSPS) is 32.5. The Morgan fingerprint density at radius 2 is 2.20 bits per heavy atom. The van der Waals surface area contributed by atoms with E-state index in [1.807, 2.05) is 0 Å². The van der Waals surface area contributed by atoms with Gasteiger partial charge in [-0.1, -0.05) is 6.42 Å². The van der Waals surface area contributed by atoms with E-state index >= 15 is 0 Å². The molecular weight excluding hydrogens is 188 g/mol. The van der Waals surface area contributed by atoms with E-state index in [0.717, 1.165) is 32.4 Å². The first-order chi connectivity index (χ1) is 7.26. The maximum atomic E-state index is 9.65. The van der Waals surface area contributed by atoms with Crippen molar-refractivity contribution < 1.29 is 5.11 Å². The second kappa shape index (κ2) is 4.51. The fourth-order valence-corrected chi connectivity index (χ4v) is 2.54. The van der Waals surface area contributed by atoms with Crippen molar-refractivity contribution in [3.63, 3.8) is 0 Å². The predicted molar refractivity (Wildman–Crippen MR) is 58.1 cm³/mol. The van der Waals surface area contributed by atoms with E-state index in [1.165, 1.54) is 12.8 Å². The molecule has 0 aliphatic heterocycles. The van der Waals surface area contributed by atoms with Gasteiger partial charge in [0.25, 0.3) is 0 Å². The fraction of sp³-hybridized carbons (Fsp3) is 0.917. The molecule has 2 unspecified atom stereocenters. The van der Waals surface area contributed by atoms with Gasteiger partial charge in [0, 0.05) is 19.5 Å². The van der Waals surface area contributed by atoms with Crippen LogP contribution in [-0.2, 0) is 0 Å². The van der Waals surface area contributed by atoms with Gasteiger partial charge in [-0.15, -0.1) is 0 Å². The number of aliphatic hydroxyl groups excluding tert-OH is 1. The quantitative estimate of drug-likeness (QED) is 0.718. The topological polar surface area (TPSA) is 56.0 Å². The highest BCUT2D eigenvalue weighted by atomic mass is 16.3. The Hall–Kier alpha value is -0.590. The smallest absolute Gasteiger partial charge is 0.0628 e. The molecule has 0 spiro atoms. The number of nitrogens with zero attached hydrogens (tertiary/aromatic N) is 1. The van der Waals surface area contributed by atoms with Gasteiger partial charge < -0.3 is 10.4 Å². The van der Waals surface area contributed by atoms with Crippen molar-refractivity contribution in [1.29, 1.82) is 5.26 Å². The summed E-state index contributed by atoms with van der Waals surface area (Å²) in [6, 6.07) is 2.27. The van der Waals surface area contributed by atoms with Crippen molar-refractivity contribution in [2.45, 2.75) is 44.6 Å². The summed E-state index contributed by atoms with van der Waals surface area (Å²) in [5.41, 5.74) is 0.290. The Bertz CT molecular complexity index is 255. The van der Waals surface area contributed by atoms with Crippen LogP contribution in [0.5, 0.6) is 0 Å². The Morgan fingerprint density at radius 1 is 1.40 bits per heavy atom. The number of rotatable bonds is 5. The van der Waals surface area contributed by atoms with Crippen LogP contribution in [-0.4, -0.2) is 24.3 Å². The number of hydrogen-bond donors (Lipinski definition) is 2. The molecule has 3 heteroatoms. The van der Waals surface area contributed by atoms with Crippen LogP contribution in [0.15, 0.2) is 0 Å². The summed E-state index contributed by atoms with van der Waals surface area (Å²) in [6.45, 7) is 1.89. The molecule has 0 aromatic rings. The van der Waals surface area contributed by atoms with E-state index in [1.54, 1.807) is 0 Å². The van der Waals surface area contributed by atoms with Crippen LogP contribution in [0.25, 0.3) is 0 Å². The summed E-state index contributed by atoms with van der Waals surface area (Å²) in [7, 11) is 0. The van der Waals surface area contributed by atoms with Crippen LogP contribution < -0.4 is 5.32 Å². The molecular formula is C12H20N2O. The molecule has 2 aliphatic rings. The van der Waals surface area contributed by atoms with Crippen LogP contribution in [0.3, 0.4) is 0 Å². The van der Waals surface area contributed by atoms with Crippen LogP contribution in [0.4, 0.5) is 0 Å². The van der Waals surface area contributed by atoms with Crippen molar-refractivity contribution in [3.8, 4) is 6.07 Å².